The Morgan fingerprint density at radius 3 is 2.46 bits per heavy atom. The molecule has 1 N–H and O–H groups in total. The van der Waals surface area contributed by atoms with Crippen LogP contribution in [0.15, 0.2) is 53.3 Å². The smallest absolute Gasteiger partial charge is 0.255 e. The molecule has 0 saturated carbocycles. The minimum absolute atomic E-state index is 0.0585. The van der Waals surface area contributed by atoms with Gasteiger partial charge in [-0.3, -0.25) is 9.69 Å². The van der Waals surface area contributed by atoms with Gasteiger partial charge >= 0.3 is 0 Å². The largest absolute Gasteiger partial charge is 0.497 e. The van der Waals surface area contributed by atoms with Crippen molar-refractivity contribution >= 4 is 0 Å². The lowest BCUT2D eigenvalue weighted by Gasteiger charge is -2.28. The van der Waals surface area contributed by atoms with Gasteiger partial charge in [-0.05, 0) is 17.7 Å². The predicted octanol–water partition coefficient (Wildman–Crippen LogP) is 3.01. The van der Waals surface area contributed by atoms with Crippen molar-refractivity contribution in [3.05, 3.63) is 75.7 Å². The fourth-order valence-electron chi connectivity index (χ4n) is 3.56. The van der Waals surface area contributed by atoms with Gasteiger partial charge in [0.1, 0.15) is 17.3 Å². The van der Waals surface area contributed by atoms with Crippen LogP contribution in [-0.4, -0.2) is 35.6 Å². The minimum atomic E-state index is -0.0585. The van der Waals surface area contributed by atoms with Crippen LogP contribution in [0.1, 0.15) is 16.8 Å². The number of benzene rings is 2. The molecular weight excluding hydrogens is 354 g/mol. The number of fused-ring (bicyclic) bond motifs is 1. The number of ether oxygens (including phenoxy) is 2. The van der Waals surface area contributed by atoms with E-state index in [0.717, 1.165) is 46.8 Å². The number of hydrogen-bond acceptors (Lipinski definition) is 5. The Kier molecular flexibility index (Phi) is 5.12. The molecule has 6 heteroatoms. The number of aromatic amines is 1. The molecule has 0 atom stereocenters. The fraction of sp³-hybridized carbons (Fsp3) is 0.273. The molecule has 0 unspecified atom stereocenters. The van der Waals surface area contributed by atoms with Gasteiger partial charge in [0.15, 0.2) is 0 Å². The van der Waals surface area contributed by atoms with Gasteiger partial charge in [0.05, 0.1) is 25.5 Å². The number of nitrogens with zero attached hydrogens (tertiary/aromatic N) is 2. The van der Waals surface area contributed by atoms with Crippen molar-refractivity contribution in [2.24, 2.45) is 0 Å². The molecule has 6 nitrogen and oxygen atoms in total. The molecule has 2 heterocycles. The zero-order valence-electron chi connectivity index (χ0n) is 16.1. The highest BCUT2D eigenvalue weighted by atomic mass is 16.5. The van der Waals surface area contributed by atoms with Crippen molar-refractivity contribution in [1.29, 1.82) is 0 Å². The maximum atomic E-state index is 12.7. The van der Waals surface area contributed by atoms with Gasteiger partial charge in [-0.2, -0.15) is 0 Å². The lowest BCUT2D eigenvalue weighted by molar-refractivity contribution is 0.241. The number of methoxy groups -OCH3 is 2. The Morgan fingerprint density at radius 2 is 1.79 bits per heavy atom. The van der Waals surface area contributed by atoms with Crippen LogP contribution in [0.5, 0.6) is 11.5 Å². The van der Waals surface area contributed by atoms with E-state index in [9.17, 15) is 4.79 Å². The average molecular weight is 377 g/mol. The minimum Gasteiger partial charge on any atom is -0.497 e. The second-order valence-corrected chi connectivity index (χ2v) is 6.89. The lowest BCUT2D eigenvalue weighted by atomic mass is 10.1. The van der Waals surface area contributed by atoms with E-state index >= 15 is 0 Å². The highest BCUT2D eigenvalue weighted by Crippen LogP contribution is 2.25. The molecular formula is C22H23N3O3. The van der Waals surface area contributed by atoms with Crippen LogP contribution in [0.4, 0.5) is 0 Å². The molecule has 1 aliphatic rings. The fourth-order valence-corrected chi connectivity index (χ4v) is 3.56. The topological polar surface area (TPSA) is 67.5 Å². The maximum absolute atomic E-state index is 12.7. The molecule has 0 spiro atoms. The van der Waals surface area contributed by atoms with Crippen LogP contribution in [0.2, 0.25) is 0 Å². The normalized spacial score (nSPS) is 13.8. The molecule has 28 heavy (non-hydrogen) atoms. The van der Waals surface area contributed by atoms with E-state index in [4.69, 9.17) is 14.5 Å². The summed E-state index contributed by atoms with van der Waals surface area (Å²) >= 11 is 0. The van der Waals surface area contributed by atoms with Crippen molar-refractivity contribution in [3.63, 3.8) is 0 Å². The van der Waals surface area contributed by atoms with E-state index in [1.54, 1.807) is 14.2 Å². The summed E-state index contributed by atoms with van der Waals surface area (Å²) in [4.78, 5) is 22.6. The number of nitrogens with one attached hydrogen (secondary N) is 1. The number of aromatic nitrogens is 2. The van der Waals surface area contributed by atoms with Crippen molar-refractivity contribution in [2.75, 3.05) is 20.8 Å². The van der Waals surface area contributed by atoms with Gasteiger partial charge in [0, 0.05) is 37.7 Å². The monoisotopic (exact) mass is 377 g/mol. The molecule has 3 aromatic rings. The summed E-state index contributed by atoms with van der Waals surface area (Å²) in [7, 11) is 3.29. The van der Waals surface area contributed by atoms with Gasteiger partial charge < -0.3 is 14.5 Å². The SMILES string of the molecule is COc1cc(CN2CCc3nc(-c4ccccc4)[nH]c(=O)c3C2)cc(OC)c1. The van der Waals surface area contributed by atoms with Crippen LogP contribution in [0.25, 0.3) is 11.4 Å². The third-order valence-electron chi connectivity index (χ3n) is 5.01. The highest BCUT2D eigenvalue weighted by Gasteiger charge is 2.22. The molecule has 1 aliphatic heterocycles. The number of H-pyrrole nitrogens is 1. The van der Waals surface area contributed by atoms with Crippen LogP contribution < -0.4 is 15.0 Å². The molecule has 0 bridgehead atoms. The van der Waals surface area contributed by atoms with Crippen molar-refractivity contribution in [1.82, 2.24) is 14.9 Å². The van der Waals surface area contributed by atoms with E-state index in [-0.39, 0.29) is 5.56 Å². The summed E-state index contributed by atoms with van der Waals surface area (Å²) < 4.78 is 10.7. The van der Waals surface area contributed by atoms with Crippen LogP contribution >= 0.6 is 0 Å². The zero-order chi connectivity index (χ0) is 19.5. The quantitative estimate of drug-likeness (QED) is 0.740. The van der Waals surface area contributed by atoms with Crippen LogP contribution in [-0.2, 0) is 19.5 Å². The highest BCUT2D eigenvalue weighted by molar-refractivity contribution is 5.54. The Labute approximate surface area is 163 Å². The third kappa shape index (κ3) is 3.77. The average Bonchev–Trinajstić information content (AvgIpc) is 2.74. The molecule has 0 aliphatic carbocycles. The zero-order valence-corrected chi connectivity index (χ0v) is 16.1. The summed E-state index contributed by atoms with van der Waals surface area (Å²) in [6, 6.07) is 15.6. The third-order valence-corrected chi connectivity index (χ3v) is 5.01. The van der Waals surface area contributed by atoms with Crippen LogP contribution in [0.3, 0.4) is 0 Å². The lowest BCUT2D eigenvalue weighted by Crippen LogP contribution is -2.35. The summed E-state index contributed by atoms with van der Waals surface area (Å²) in [6.45, 7) is 2.14. The molecule has 2 aromatic carbocycles. The Balaban J connectivity index is 1.56. The molecule has 4 rings (SSSR count). The van der Waals surface area contributed by atoms with E-state index in [1.165, 1.54) is 0 Å². The van der Waals surface area contributed by atoms with Gasteiger partial charge in [-0.15, -0.1) is 0 Å². The summed E-state index contributed by atoms with van der Waals surface area (Å²) in [6.07, 6.45) is 0.750. The molecule has 0 saturated heterocycles. The first-order valence-electron chi connectivity index (χ1n) is 9.28. The van der Waals surface area contributed by atoms with Crippen molar-refractivity contribution < 1.29 is 9.47 Å². The van der Waals surface area contributed by atoms with E-state index < -0.39 is 0 Å². The van der Waals surface area contributed by atoms with Crippen LogP contribution in [0, 0.1) is 0 Å². The molecule has 0 fully saturated rings. The van der Waals surface area contributed by atoms with Gasteiger partial charge in [0.2, 0.25) is 0 Å². The van der Waals surface area contributed by atoms with Gasteiger partial charge in [-0.1, -0.05) is 30.3 Å². The van der Waals surface area contributed by atoms with E-state index in [1.807, 2.05) is 48.5 Å². The van der Waals surface area contributed by atoms with Crippen molar-refractivity contribution in [3.8, 4) is 22.9 Å². The molecule has 144 valence electrons. The maximum Gasteiger partial charge on any atom is 0.255 e. The first kappa shape index (κ1) is 18.3. The second-order valence-electron chi connectivity index (χ2n) is 6.89. The van der Waals surface area contributed by atoms with Gasteiger partial charge in [0.25, 0.3) is 5.56 Å². The Hall–Kier alpha value is -3.12. The first-order chi connectivity index (χ1) is 13.7. The van der Waals surface area contributed by atoms with E-state index in [2.05, 4.69) is 9.88 Å². The standard InChI is InChI=1S/C22H23N3O3/c1-27-17-10-15(11-18(12-17)28-2)13-25-9-8-20-19(14-25)22(26)24-21(23-20)16-6-4-3-5-7-16/h3-7,10-12H,8-9,13-14H2,1-2H3,(H,23,24,26). The molecule has 0 amide bonds. The number of hydrogen-bond donors (Lipinski definition) is 1. The first-order valence-corrected chi connectivity index (χ1v) is 9.28. The summed E-state index contributed by atoms with van der Waals surface area (Å²) in [5.41, 5.74) is 3.60. The summed E-state index contributed by atoms with van der Waals surface area (Å²) in [5, 5.41) is 0. The molecule has 1 aromatic heterocycles. The number of rotatable bonds is 5. The second kappa shape index (κ2) is 7.86. The predicted molar refractivity (Wildman–Crippen MR) is 108 cm³/mol. The van der Waals surface area contributed by atoms with E-state index in [0.29, 0.717) is 18.9 Å². The summed E-state index contributed by atoms with van der Waals surface area (Å²) in [5.74, 6) is 2.16. The van der Waals surface area contributed by atoms with Crippen molar-refractivity contribution in [2.45, 2.75) is 19.5 Å². The Bertz CT molecular complexity index is 1010. The Morgan fingerprint density at radius 1 is 1.07 bits per heavy atom. The molecule has 0 radical (unpaired) electrons. The van der Waals surface area contributed by atoms with Gasteiger partial charge in [-0.25, -0.2) is 4.98 Å².